The summed E-state index contributed by atoms with van der Waals surface area (Å²) in [4.78, 5) is 15.2. The summed E-state index contributed by atoms with van der Waals surface area (Å²) in [5.74, 6) is 2.42. The van der Waals surface area contributed by atoms with Crippen LogP contribution in [0, 0.1) is 0 Å². The van der Waals surface area contributed by atoms with Crippen molar-refractivity contribution in [2.24, 2.45) is 0 Å². The van der Waals surface area contributed by atoms with E-state index in [1.807, 2.05) is 54.3 Å². The molecule has 0 bridgehead atoms. The van der Waals surface area contributed by atoms with E-state index < -0.39 is 0 Å². The highest BCUT2D eigenvalue weighted by atomic mass is 32.2. The van der Waals surface area contributed by atoms with Crippen LogP contribution in [0.15, 0.2) is 69.9 Å². The van der Waals surface area contributed by atoms with Gasteiger partial charge in [-0.3, -0.25) is 0 Å². The zero-order valence-electron chi connectivity index (χ0n) is 16.5. The van der Waals surface area contributed by atoms with Crippen LogP contribution in [-0.2, 0) is 4.74 Å². The number of benzene rings is 1. The molecule has 5 nitrogen and oxygen atoms in total. The number of carbonyl (C=O) groups excluding carboxylic acids is 1. The summed E-state index contributed by atoms with van der Waals surface area (Å²) in [5.41, 5.74) is 0.755. The Labute approximate surface area is 175 Å². The molecule has 0 spiro atoms. The third-order valence-electron chi connectivity index (χ3n) is 4.97. The predicted octanol–water partition coefficient (Wildman–Crippen LogP) is 5.89. The van der Waals surface area contributed by atoms with E-state index >= 15 is 0 Å². The quantitative estimate of drug-likeness (QED) is 0.568. The molecule has 1 aromatic heterocycles. The summed E-state index contributed by atoms with van der Waals surface area (Å²) in [6.45, 7) is 0.534. The molecule has 1 aliphatic heterocycles. The van der Waals surface area contributed by atoms with Gasteiger partial charge in [-0.15, -0.1) is 11.8 Å². The van der Waals surface area contributed by atoms with Crippen LogP contribution in [0.5, 0.6) is 5.75 Å². The lowest BCUT2D eigenvalue weighted by atomic mass is 10.2. The Kier molecular flexibility index (Phi) is 6.30. The molecule has 1 amide bonds. The molecule has 29 heavy (non-hydrogen) atoms. The normalized spacial score (nSPS) is 17.0. The second kappa shape index (κ2) is 9.27. The fourth-order valence-corrected chi connectivity index (χ4v) is 4.44. The molecule has 0 saturated carbocycles. The van der Waals surface area contributed by atoms with Gasteiger partial charge >= 0.3 is 6.09 Å². The monoisotopic (exact) mass is 411 g/mol. The summed E-state index contributed by atoms with van der Waals surface area (Å²) < 4.78 is 17.4. The highest BCUT2D eigenvalue weighted by molar-refractivity contribution is 8.03. The van der Waals surface area contributed by atoms with Gasteiger partial charge in [-0.2, -0.15) is 0 Å². The number of ether oxygens (including phenoxy) is 2. The van der Waals surface area contributed by atoms with Crippen LogP contribution < -0.4 is 4.74 Å². The van der Waals surface area contributed by atoms with Gasteiger partial charge in [-0.1, -0.05) is 24.3 Å². The van der Waals surface area contributed by atoms with E-state index in [1.165, 1.54) is 4.91 Å². The maximum absolute atomic E-state index is 12.4. The van der Waals surface area contributed by atoms with Crippen LogP contribution in [0.4, 0.5) is 4.79 Å². The highest BCUT2D eigenvalue weighted by Gasteiger charge is 2.23. The Hall–Kier alpha value is -2.60. The molecular weight excluding hydrogens is 386 g/mol. The van der Waals surface area contributed by atoms with E-state index in [1.54, 1.807) is 18.2 Å². The number of nitrogens with zero attached hydrogens (tertiary/aromatic N) is 1. The number of hydrogen-bond acceptors (Lipinski definition) is 5. The van der Waals surface area contributed by atoms with Gasteiger partial charge in [0, 0.05) is 36.1 Å². The minimum atomic E-state index is -0.345. The fourth-order valence-electron chi connectivity index (χ4n) is 3.38. The molecule has 1 atom stereocenters. The van der Waals surface area contributed by atoms with Gasteiger partial charge in [0.25, 0.3) is 0 Å². The second-order valence-corrected chi connectivity index (χ2v) is 8.28. The van der Waals surface area contributed by atoms with E-state index in [2.05, 4.69) is 6.08 Å². The van der Waals surface area contributed by atoms with Gasteiger partial charge in [0.15, 0.2) is 11.3 Å². The topological polar surface area (TPSA) is 51.9 Å². The van der Waals surface area contributed by atoms with E-state index in [-0.39, 0.29) is 12.2 Å². The van der Waals surface area contributed by atoms with Crippen LogP contribution in [0.1, 0.15) is 25.7 Å². The number of thioether (sulfide) groups is 1. The fraction of sp³-hybridized carbons (Fsp3) is 0.348. The third kappa shape index (κ3) is 4.88. The summed E-state index contributed by atoms with van der Waals surface area (Å²) >= 11 is 1.82. The summed E-state index contributed by atoms with van der Waals surface area (Å²) in [7, 11) is 1.76. The molecule has 2 aliphatic rings. The van der Waals surface area contributed by atoms with Crippen molar-refractivity contribution in [2.75, 3.05) is 19.3 Å². The summed E-state index contributed by atoms with van der Waals surface area (Å²) in [6, 6.07) is 7.83. The average Bonchev–Trinajstić information content (AvgIpc) is 3.43. The number of fused-ring (bicyclic) bond motifs is 1. The molecule has 0 radical (unpaired) electrons. The van der Waals surface area contributed by atoms with Gasteiger partial charge in [0.05, 0.1) is 6.26 Å². The van der Waals surface area contributed by atoms with Crippen LogP contribution in [0.25, 0.3) is 11.0 Å². The van der Waals surface area contributed by atoms with E-state index in [4.69, 9.17) is 13.9 Å². The predicted molar refractivity (Wildman–Crippen MR) is 116 cm³/mol. The highest BCUT2D eigenvalue weighted by Crippen LogP contribution is 2.34. The molecule has 4 rings (SSSR count). The van der Waals surface area contributed by atoms with Crippen molar-refractivity contribution in [1.29, 1.82) is 0 Å². The number of hydrogen-bond donors (Lipinski definition) is 0. The van der Waals surface area contributed by atoms with E-state index in [0.717, 1.165) is 41.7 Å². The van der Waals surface area contributed by atoms with Crippen LogP contribution in [-0.4, -0.2) is 36.4 Å². The zero-order valence-corrected chi connectivity index (χ0v) is 17.3. The molecular formula is C23H25NO4S. The van der Waals surface area contributed by atoms with Gasteiger partial charge in [-0.25, -0.2) is 4.79 Å². The first-order valence-corrected chi connectivity index (χ1v) is 10.9. The molecule has 2 heterocycles. The molecule has 2 aromatic rings. The molecule has 152 valence electrons. The Morgan fingerprint density at radius 1 is 1.24 bits per heavy atom. The van der Waals surface area contributed by atoms with Crippen molar-refractivity contribution < 1.29 is 18.7 Å². The summed E-state index contributed by atoms with van der Waals surface area (Å²) in [6.07, 6.45) is 12.9. The maximum atomic E-state index is 12.4. The number of allylic oxidation sites excluding steroid dienone is 4. The minimum absolute atomic E-state index is 0.123. The van der Waals surface area contributed by atoms with E-state index in [0.29, 0.717) is 18.7 Å². The third-order valence-corrected chi connectivity index (χ3v) is 6.17. The van der Waals surface area contributed by atoms with Gasteiger partial charge < -0.3 is 18.8 Å². The van der Waals surface area contributed by atoms with Crippen LogP contribution in [0.2, 0.25) is 0 Å². The molecule has 0 N–H and O–H groups in total. The molecule has 0 fully saturated rings. The standard InChI is InChI=1S/C23H25NO4S/c1-24(23(25)27-18-8-3-2-4-9-18)14-12-19(21-11-6-16-29-21)28-20-10-5-7-17-13-15-26-22(17)20/h3,5,7-11,13,15,19H,2,4,6,12,14,16H2,1H3. The first-order chi connectivity index (χ1) is 14.2. The largest absolute Gasteiger partial charge is 0.481 e. The Balaban J connectivity index is 1.41. The lowest BCUT2D eigenvalue weighted by Crippen LogP contribution is -2.32. The van der Waals surface area contributed by atoms with Gasteiger partial charge in [0.2, 0.25) is 0 Å². The lowest BCUT2D eigenvalue weighted by molar-refractivity contribution is 0.134. The number of rotatable bonds is 7. The number of furan rings is 1. The first kappa shape index (κ1) is 19.7. The lowest BCUT2D eigenvalue weighted by Gasteiger charge is -2.23. The first-order valence-electron chi connectivity index (χ1n) is 9.96. The molecule has 1 unspecified atom stereocenters. The molecule has 1 aromatic carbocycles. The van der Waals surface area contributed by atoms with Crippen LogP contribution in [0.3, 0.4) is 0 Å². The van der Waals surface area contributed by atoms with Crippen molar-refractivity contribution in [3.8, 4) is 5.75 Å². The Morgan fingerprint density at radius 3 is 2.97 bits per heavy atom. The SMILES string of the molecule is CN(CCC(Oc1cccc2ccoc12)C1=CCCS1)C(=O)OC1=CCCC=C1. The molecule has 6 heteroatoms. The van der Waals surface area contributed by atoms with Crippen molar-refractivity contribution in [2.45, 2.75) is 31.8 Å². The van der Waals surface area contributed by atoms with Crippen molar-refractivity contribution in [1.82, 2.24) is 4.90 Å². The number of carbonyl (C=O) groups is 1. The van der Waals surface area contributed by atoms with Gasteiger partial charge in [-0.05, 0) is 43.5 Å². The minimum Gasteiger partial charge on any atom is -0.481 e. The molecule has 1 aliphatic carbocycles. The van der Waals surface area contributed by atoms with Crippen molar-refractivity contribution >= 4 is 28.8 Å². The average molecular weight is 412 g/mol. The second-order valence-electron chi connectivity index (χ2n) is 7.11. The Morgan fingerprint density at radius 2 is 2.17 bits per heavy atom. The van der Waals surface area contributed by atoms with Crippen molar-refractivity contribution in [3.05, 3.63) is 65.5 Å². The van der Waals surface area contributed by atoms with Crippen LogP contribution >= 0.6 is 11.8 Å². The van der Waals surface area contributed by atoms with Gasteiger partial charge in [0.1, 0.15) is 11.9 Å². The Bertz CT molecular complexity index is 959. The summed E-state index contributed by atoms with van der Waals surface area (Å²) in [5, 5.41) is 1.02. The zero-order chi connectivity index (χ0) is 20.1. The number of amides is 1. The van der Waals surface area contributed by atoms with E-state index in [9.17, 15) is 4.79 Å². The van der Waals surface area contributed by atoms with Crippen molar-refractivity contribution in [3.63, 3.8) is 0 Å². The smallest absolute Gasteiger partial charge is 0.414 e. The molecule has 0 saturated heterocycles. The maximum Gasteiger partial charge on any atom is 0.414 e. The number of para-hydroxylation sites is 1.